The topological polar surface area (TPSA) is 97.4 Å². The third-order valence-corrected chi connectivity index (χ3v) is 4.48. The van der Waals surface area contributed by atoms with E-state index >= 15 is 0 Å². The summed E-state index contributed by atoms with van der Waals surface area (Å²) in [4.78, 5) is 39.9. The molecule has 0 saturated heterocycles. The Bertz CT molecular complexity index is 1070. The molecule has 2 amide bonds. The summed E-state index contributed by atoms with van der Waals surface area (Å²) in [6, 6.07) is 12.1. The maximum atomic E-state index is 13.6. The van der Waals surface area contributed by atoms with Crippen LogP contribution < -0.4 is 15.4 Å². The number of benzene rings is 2. The third-order valence-electron chi connectivity index (χ3n) is 3.72. The van der Waals surface area contributed by atoms with Crippen LogP contribution in [0.2, 0.25) is 0 Å². The Morgan fingerprint density at radius 1 is 1.07 bits per heavy atom. The highest BCUT2D eigenvalue weighted by atomic mass is 32.1. The first-order chi connectivity index (χ1) is 13.9. The molecular weight excluding hydrogens is 397 g/mol. The van der Waals surface area contributed by atoms with Crippen LogP contribution in [-0.4, -0.2) is 29.2 Å². The molecule has 0 fully saturated rings. The number of anilines is 2. The van der Waals surface area contributed by atoms with E-state index in [0.29, 0.717) is 0 Å². The number of hydrogen-bond donors (Lipinski definition) is 2. The van der Waals surface area contributed by atoms with E-state index in [-0.39, 0.29) is 33.6 Å². The molecule has 0 saturated carbocycles. The SMILES string of the molecule is CC(=O)c1csc(NC(=O)c2ccccc2OCC(=O)Nc2ccccc2F)n1. The molecule has 2 N–H and O–H groups in total. The van der Waals surface area contributed by atoms with Crippen LogP contribution in [0.4, 0.5) is 15.2 Å². The molecule has 0 bridgehead atoms. The normalized spacial score (nSPS) is 10.3. The van der Waals surface area contributed by atoms with Crippen molar-refractivity contribution >= 4 is 39.8 Å². The second kappa shape index (κ2) is 9.07. The van der Waals surface area contributed by atoms with Crippen molar-refractivity contribution in [3.05, 3.63) is 71.0 Å². The highest BCUT2D eigenvalue weighted by Crippen LogP contribution is 2.22. The van der Waals surface area contributed by atoms with E-state index in [1.807, 2.05) is 0 Å². The van der Waals surface area contributed by atoms with Crippen LogP contribution in [0.1, 0.15) is 27.8 Å². The number of carbonyl (C=O) groups excluding carboxylic acids is 3. The van der Waals surface area contributed by atoms with E-state index in [2.05, 4.69) is 15.6 Å². The van der Waals surface area contributed by atoms with Gasteiger partial charge in [-0.2, -0.15) is 0 Å². The summed E-state index contributed by atoms with van der Waals surface area (Å²) < 4.78 is 19.1. The number of ketones is 1. The number of amides is 2. The van der Waals surface area contributed by atoms with Crippen LogP contribution in [0.25, 0.3) is 0 Å². The third kappa shape index (κ3) is 5.23. The molecule has 0 spiro atoms. The second-order valence-electron chi connectivity index (χ2n) is 5.86. The van der Waals surface area contributed by atoms with E-state index in [1.165, 1.54) is 37.3 Å². The molecule has 1 aromatic heterocycles. The van der Waals surface area contributed by atoms with Gasteiger partial charge < -0.3 is 10.1 Å². The van der Waals surface area contributed by atoms with Crippen molar-refractivity contribution in [3.63, 3.8) is 0 Å². The van der Waals surface area contributed by atoms with E-state index in [9.17, 15) is 18.8 Å². The molecule has 148 valence electrons. The van der Waals surface area contributed by atoms with Crippen molar-refractivity contribution < 1.29 is 23.5 Å². The number of rotatable bonds is 7. The number of thiazole rings is 1. The van der Waals surface area contributed by atoms with Crippen molar-refractivity contribution in [1.29, 1.82) is 0 Å². The predicted molar refractivity (Wildman–Crippen MR) is 107 cm³/mol. The standard InChI is InChI=1S/C20H16FN3O4S/c1-12(25)16-11-29-20(23-16)24-19(27)13-6-2-5-9-17(13)28-10-18(26)22-15-8-4-3-7-14(15)21/h2-9,11H,10H2,1H3,(H,22,26)(H,23,24,27). The lowest BCUT2D eigenvalue weighted by Gasteiger charge is -2.11. The van der Waals surface area contributed by atoms with Gasteiger partial charge in [-0.15, -0.1) is 11.3 Å². The first-order valence-electron chi connectivity index (χ1n) is 8.48. The lowest BCUT2D eigenvalue weighted by Crippen LogP contribution is -2.22. The van der Waals surface area contributed by atoms with Crippen LogP contribution in [0, 0.1) is 5.82 Å². The molecule has 0 aliphatic rings. The van der Waals surface area contributed by atoms with Gasteiger partial charge in [0.2, 0.25) is 0 Å². The van der Waals surface area contributed by atoms with Crippen molar-refractivity contribution in [2.24, 2.45) is 0 Å². The van der Waals surface area contributed by atoms with Crippen LogP contribution in [0.3, 0.4) is 0 Å². The molecule has 9 heteroatoms. The molecule has 29 heavy (non-hydrogen) atoms. The Hall–Kier alpha value is -3.59. The lowest BCUT2D eigenvalue weighted by molar-refractivity contribution is -0.118. The molecule has 0 atom stereocenters. The monoisotopic (exact) mass is 413 g/mol. The summed E-state index contributed by atoms with van der Waals surface area (Å²) in [6.07, 6.45) is 0. The maximum absolute atomic E-state index is 13.6. The van der Waals surface area contributed by atoms with Gasteiger partial charge in [0, 0.05) is 12.3 Å². The smallest absolute Gasteiger partial charge is 0.262 e. The number of ether oxygens (including phenoxy) is 1. The van der Waals surface area contributed by atoms with Gasteiger partial charge in [0.15, 0.2) is 17.5 Å². The van der Waals surface area contributed by atoms with Gasteiger partial charge in [0.05, 0.1) is 11.3 Å². The number of hydrogen-bond acceptors (Lipinski definition) is 6. The fourth-order valence-electron chi connectivity index (χ4n) is 2.33. The summed E-state index contributed by atoms with van der Waals surface area (Å²) in [7, 11) is 0. The molecule has 3 aromatic rings. The molecular formula is C20H16FN3O4S. The number of carbonyl (C=O) groups is 3. The Labute approximate surface area is 169 Å². The maximum Gasteiger partial charge on any atom is 0.262 e. The summed E-state index contributed by atoms with van der Waals surface area (Å²) in [5.41, 5.74) is 0.489. The van der Waals surface area contributed by atoms with Gasteiger partial charge in [-0.25, -0.2) is 9.37 Å². The fraction of sp³-hybridized carbons (Fsp3) is 0.100. The molecule has 7 nitrogen and oxygen atoms in total. The zero-order valence-corrected chi connectivity index (χ0v) is 16.1. The summed E-state index contributed by atoms with van der Waals surface area (Å²) in [5.74, 6) is -1.66. The molecule has 0 radical (unpaired) electrons. The Morgan fingerprint density at radius 3 is 2.52 bits per heavy atom. The van der Waals surface area contributed by atoms with Crippen LogP contribution in [0.5, 0.6) is 5.75 Å². The molecule has 3 rings (SSSR count). The lowest BCUT2D eigenvalue weighted by atomic mass is 10.2. The summed E-state index contributed by atoms with van der Waals surface area (Å²) >= 11 is 1.12. The van der Waals surface area contributed by atoms with E-state index in [1.54, 1.807) is 23.6 Å². The number of aromatic nitrogens is 1. The van der Waals surface area contributed by atoms with Crippen LogP contribution in [0.15, 0.2) is 53.9 Å². The van der Waals surface area contributed by atoms with Crippen LogP contribution >= 0.6 is 11.3 Å². The average molecular weight is 413 g/mol. The van der Waals surface area contributed by atoms with Gasteiger partial charge >= 0.3 is 0 Å². The average Bonchev–Trinajstić information content (AvgIpc) is 3.17. The zero-order chi connectivity index (χ0) is 20.8. The van der Waals surface area contributed by atoms with Crippen molar-refractivity contribution in [1.82, 2.24) is 4.98 Å². The van der Waals surface area contributed by atoms with Crippen LogP contribution in [-0.2, 0) is 4.79 Å². The van der Waals surface area contributed by atoms with Crippen molar-refractivity contribution in [2.75, 3.05) is 17.2 Å². The molecule has 0 aliphatic carbocycles. The minimum absolute atomic E-state index is 0.0390. The first-order valence-corrected chi connectivity index (χ1v) is 9.36. The van der Waals surface area contributed by atoms with Gasteiger partial charge in [0.25, 0.3) is 11.8 Å². The van der Waals surface area contributed by atoms with Crippen molar-refractivity contribution in [2.45, 2.75) is 6.92 Å². The van der Waals surface area contributed by atoms with Crippen molar-refractivity contribution in [3.8, 4) is 5.75 Å². The zero-order valence-electron chi connectivity index (χ0n) is 15.3. The minimum atomic E-state index is -0.573. The number of nitrogens with zero attached hydrogens (tertiary/aromatic N) is 1. The highest BCUT2D eigenvalue weighted by molar-refractivity contribution is 7.14. The quantitative estimate of drug-likeness (QED) is 0.575. The number of Topliss-reactive ketones (excluding diaryl/α,β-unsaturated/α-hetero) is 1. The minimum Gasteiger partial charge on any atom is -0.483 e. The van der Waals surface area contributed by atoms with Gasteiger partial charge in [-0.3, -0.25) is 19.7 Å². The van der Waals surface area contributed by atoms with E-state index in [0.717, 1.165) is 11.3 Å². The number of nitrogens with one attached hydrogen (secondary N) is 2. The molecule has 0 unspecified atom stereocenters. The van der Waals surface area contributed by atoms with E-state index < -0.39 is 24.2 Å². The largest absolute Gasteiger partial charge is 0.483 e. The van der Waals surface area contributed by atoms with E-state index in [4.69, 9.17) is 4.74 Å². The second-order valence-corrected chi connectivity index (χ2v) is 6.72. The first kappa shape index (κ1) is 20.2. The van der Waals surface area contributed by atoms with Gasteiger partial charge in [0.1, 0.15) is 17.3 Å². The predicted octanol–water partition coefficient (Wildman–Crippen LogP) is 3.75. The summed E-state index contributed by atoms with van der Waals surface area (Å²) in [6.45, 7) is 0.973. The molecule has 1 heterocycles. The van der Waals surface area contributed by atoms with Gasteiger partial charge in [-0.1, -0.05) is 24.3 Å². The summed E-state index contributed by atoms with van der Waals surface area (Å²) in [5, 5.41) is 6.82. The van der Waals surface area contributed by atoms with Gasteiger partial charge in [-0.05, 0) is 24.3 Å². The Morgan fingerprint density at radius 2 is 1.79 bits per heavy atom. The number of para-hydroxylation sites is 2. The Kier molecular flexibility index (Phi) is 6.30. The fourth-order valence-corrected chi connectivity index (χ4v) is 3.07. The molecule has 2 aromatic carbocycles. The number of halogens is 1. The highest BCUT2D eigenvalue weighted by Gasteiger charge is 2.16. The molecule has 0 aliphatic heterocycles. The Balaban J connectivity index is 1.65.